The molecule has 0 spiro atoms. The Labute approximate surface area is 153 Å². The highest BCUT2D eigenvalue weighted by atomic mass is 16.2. The van der Waals surface area contributed by atoms with E-state index in [1.807, 2.05) is 43.3 Å². The summed E-state index contributed by atoms with van der Waals surface area (Å²) in [6, 6.07) is 17.9. The van der Waals surface area contributed by atoms with Crippen molar-refractivity contribution in [2.24, 2.45) is 0 Å². The fraction of sp³-hybridized carbons (Fsp3) is 0.182. The van der Waals surface area contributed by atoms with Gasteiger partial charge in [-0.1, -0.05) is 29.8 Å². The number of aromatic nitrogens is 1. The molecule has 1 aliphatic rings. The van der Waals surface area contributed by atoms with Crippen molar-refractivity contribution in [3.63, 3.8) is 0 Å². The molecular formula is C22H21N3O. The lowest BCUT2D eigenvalue weighted by Crippen LogP contribution is -2.32. The molecule has 1 N–H and O–H groups in total. The van der Waals surface area contributed by atoms with Gasteiger partial charge in [0.1, 0.15) is 0 Å². The highest BCUT2D eigenvalue weighted by Crippen LogP contribution is 2.37. The van der Waals surface area contributed by atoms with Gasteiger partial charge in [0.15, 0.2) is 6.17 Å². The maximum atomic E-state index is 13.1. The number of aryl methyl sites for hydroxylation is 3. The third-order valence-electron chi connectivity index (χ3n) is 4.80. The van der Waals surface area contributed by atoms with Crippen molar-refractivity contribution in [1.29, 1.82) is 0 Å². The number of nitrogens with zero attached hydrogens (tertiary/aromatic N) is 2. The molecule has 1 amide bonds. The number of carbonyl (C=O) groups excluding carboxylic acids is 1. The maximum absolute atomic E-state index is 13.1. The Bertz CT molecular complexity index is 979. The van der Waals surface area contributed by atoms with E-state index in [0.717, 1.165) is 28.2 Å². The molecule has 0 aliphatic carbocycles. The van der Waals surface area contributed by atoms with Crippen LogP contribution < -0.4 is 10.2 Å². The smallest absolute Gasteiger partial charge is 0.262 e. The number of rotatable bonds is 3. The van der Waals surface area contributed by atoms with Crippen LogP contribution >= 0.6 is 0 Å². The largest absolute Gasteiger partial charge is 0.360 e. The second kappa shape index (κ2) is 6.30. The minimum Gasteiger partial charge on any atom is -0.360 e. The molecule has 0 saturated carbocycles. The minimum atomic E-state index is -0.332. The normalized spacial score (nSPS) is 15.9. The second-order valence-electron chi connectivity index (χ2n) is 6.81. The van der Waals surface area contributed by atoms with Crippen molar-refractivity contribution in [2.75, 3.05) is 10.2 Å². The second-order valence-corrected chi connectivity index (χ2v) is 6.81. The van der Waals surface area contributed by atoms with Gasteiger partial charge in [0, 0.05) is 17.6 Å². The van der Waals surface area contributed by atoms with Crippen LogP contribution in [0.4, 0.5) is 11.4 Å². The Balaban J connectivity index is 1.80. The van der Waals surface area contributed by atoms with Gasteiger partial charge in [-0.2, -0.15) is 0 Å². The van der Waals surface area contributed by atoms with E-state index in [1.165, 1.54) is 5.56 Å². The van der Waals surface area contributed by atoms with E-state index < -0.39 is 0 Å². The van der Waals surface area contributed by atoms with Gasteiger partial charge < -0.3 is 5.32 Å². The number of fused-ring (bicyclic) bond motifs is 1. The van der Waals surface area contributed by atoms with Gasteiger partial charge in [0.25, 0.3) is 5.91 Å². The fourth-order valence-electron chi connectivity index (χ4n) is 3.33. The lowest BCUT2D eigenvalue weighted by atomic mass is 10.1. The van der Waals surface area contributed by atoms with Gasteiger partial charge in [0.05, 0.1) is 11.3 Å². The Morgan fingerprint density at radius 2 is 1.69 bits per heavy atom. The van der Waals surface area contributed by atoms with Crippen molar-refractivity contribution in [3.05, 3.63) is 88.7 Å². The Morgan fingerprint density at radius 3 is 2.46 bits per heavy atom. The van der Waals surface area contributed by atoms with E-state index in [0.29, 0.717) is 5.56 Å². The van der Waals surface area contributed by atoms with Crippen molar-refractivity contribution in [1.82, 2.24) is 4.98 Å². The molecule has 3 aromatic rings. The van der Waals surface area contributed by atoms with Crippen molar-refractivity contribution in [2.45, 2.75) is 26.9 Å². The first kappa shape index (κ1) is 16.3. The van der Waals surface area contributed by atoms with E-state index in [9.17, 15) is 4.79 Å². The van der Waals surface area contributed by atoms with E-state index in [4.69, 9.17) is 0 Å². The zero-order valence-electron chi connectivity index (χ0n) is 15.2. The number of carbonyl (C=O) groups is 1. The summed E-state index contributed by atoms with van der Waals surface area (Å²) in [5, 5.41) is 3.54. The molecule has 4 nitrogen and oxygen atoms in total. The molecular weight excluding hydrogens is 322 g/mol. The van der Waals surface area contributed by atoms with Crippen LogP contribution in [0.3, 0.4) is 0 Å². The topological polar surface area (TPSA) is 45.2 Å². The summed E-state index contributed by atoms with van der Waals surface area (Å²) in [4.78, 5) is 19.4. The molecule has 26 heavy (non-hydrogen) atoms. The molecule has 4 rings (SSSR count). The summed E-state index contributed by atoms with van der Waals surface area (Å²) in [6.07, 6.45) is 1.41. The zero-order chi connectivity index (χ0) is 18.3. The number of hydrogen-bond donors (Lipinski definition) is 1. The molecule has 1 aromatic heterocycles. The summed E-state index contributed by atoms with van der Waals surface area (Å²) >= 11 is 0. The molecule has 1 aliphatic heterocycles. The average Bonchev–Trinajstić information content (AvgIpc) is 2.92. The molecule has 0 fully saturated rings. The van der Waals surface area contributed by atoms with Crippen LogP contribution in [0.2, 0.25) is 0 Å². The number of pyridine rings is 1. The predicted octanol–water partition coefficient (Wildman–Crippen LogP) is 4.78. The Kier molecular flexibility index (Phi) is 3.96. The van der Waals surface area contributed by atoms with Gasteiger partial charge in [-0.15, -0.1) is 0 Å². The summed E-state index contributed by atoms with van der Waals surface area (Å²) in [5.41, 5.74) is 6.76. The van der Waals surface area contributed by atoms with Crippen LogP contribution in [0.25, 0.3) is 0 Å². The lowest BCUT2D eigenvalue weighted by Gasteiger charge is -2.27. The number of amides is 1. The number of anilines is 2. The molecule has 0 saturated heterocycles. The fourth-order valence-corrected chi connectivity index (χ4v) is 3.33. The molecule has 1 atom stereocenters. The quantitative estimate of drug-likeness (QED) is 0.744. The van der Waals surface area contributed by atoms with E-state index >= 15 is 0 Å². The SMILES string of the molecule is Cc1ccc(N2C(=O)c3cccnc3[C@@H]2Nc2cc(C)ccc2C)cc1. The van der Waals surface area contributed by atoms with Gasteiger partial charge >= 0.3 is 0 Å². The molecule has 2 aromatic carbocycles. The summed E-state index contributed by atoms with van der Waals surface area (Å²) in [5.74, 6) is -0.0280. The van der Waals surface area contributed by atoms with Crippen LogP contribution in [0.15, 0.2) is 60.8 Å². The lowest BCUT2D eigenvalue weighted by molar-refractivity contribution is 0.0993. The molecule has 0 radical (unpaired) electrons. The van der Waals surface area contributed by atoms with Gasteiger partial charge in [0.2, 0.25) is 0 Å². The minimum absolute atomic E-state index is 0.0280. The van der Waals surface area contributed by atoms with E-state index in [2.05, 4.69) is 42.3 Å². The predicted molar refractivity (Wildman–Crippen MR) is 105 cm³/mol. The highest BCUT2D eigenvalue weighted by molar-refractivity contribution is 6.11. The number of hydrogen-bond acceptors (Lipinski definition) is 3. The van der Waals surface area contributed by atoms with Crippen LogP contribution in [0, 0.1) is 20.8 Å². The van der Waals surface area contributed by atoms with Gasteiger partial charge in [-0.05, 0) is 62.2 Å². The molecule has 130 valence electrons. The standard InChI is InChI=1S/C22H21N3O/c1-14-7-10-17(11-8-14)25-21(20-18(22(25)26)5-4-12-23-20)24-19-13-15(2)6-9-16(19)3/h4-13,21,24H,1-3H3/t21-/m1/s1. The summed E-state index contributed by atoms with van der Waals surface area (Å²) in [6.45, 7) is 6.17. The first-order chi connectivity index (χ1) is 12.5. The first-order valence-corrected chi connectivity index (χ1v) is 8.73. The maximum Gasteiger partial charge on any atom is 0.262 e. The Morgan fingerprint density at radius 1 is 0.962 bits per heavy atom. The van der Waals surface area contributed by atoms with Gasteiger partial charge in [-0.3, -0.25) is 14.7 Å². The van der Waals surface area contributed by atoms with Crippen LogP contribution in [0.1, 0.15) is 38.9 Å². The summed E-state index contributed by atoms with van der Waals surface area (Å²) < 4.78 is 0. The molecule has 4 heteroatoms. The van der Waals surface area contributed by atoms with Crippen LogP contribution in [-0.4, -0.2) is 10.9 Å². The number of nitrogens with one attached hydrogen (secondary N) is 1. The van der Waals surface area contributed by atoms with E-state index in [1.54, 1.807) is 11.1 Å². The monoisotopic (exact) mass is 343 g/mol. The third-order valence-corrected chi connectivity index (χ3v) is 4.80. The van der Waals surface area contributed by atoms with Crippen molar-refractivity contribution < 1.29 is 4.79 Å². The molecule has 2 heterocycles. The molecule has 0 unspecified atom stereocenters. The third kappa shape index (κ3) is 2.73. The summed E-state index contributed by atoms with van der Waals surface area (Å²) in [7, 11) is 0. The van der Waals surface area contributed by atoms with Crippen molar-refractivity contribution >= 4 is 17.3 Å². The first-order valence-electron chi connectivity index (χ1n) is 8.73. The molecule has 0 bridgehead atoms. The average molecular weight is 343 g/mol. The van der Waals surface area contributed by atoms with Crippen molar-refractivity contribution in [3.8, 4) is 0 Å². The highest BCUT2D eigenvalue weighted by Gasteiger charge is 2.39. The van der Waals surface area contributed by atoms with Gasteiger partial charge in [-0.25, -0.2) is 0 Å². The number of benzene rings is 2. The van der Waals surface area contributed by atoms with E-state index in [-0.39, 0.29) is 12.1 Å². The zero-order valence-corrected chi connectivity index (χ0v) is 15.2. The van der Waals surface area contributed by atoms with Crippen LogP contribution in [0.5, 0.6) is 0 Å². The Hall–Kier alpha value is -3.14. The van der Waals surface area contributed by atoms with Crippen LogP contribution in [-0.2, 0) is 0 Å².